The van der Waals surface area contributed by atoms with E-state index in [4.69, 9.17) is 4.74 Å². The van der Waals surface area contributed by atoms with Crippen LogP contribution in [0.1, 0.15) is 35.9 Å². The van der Waals surface area contributed by atoms with Crippen LogP contribution in [0.25, 0.3) is 0 Å². The number of amides is 3. The van der Waals surface area contributed by atoms with Crippen molar-refractivity contribution in [1.29, 1.82) is 0 Å². The highest BCUT2D eigenvalue weighted by atomic mass is 32.1. The van der Waals surface area contributed by atoms with Crippen molar-refractivity contribution in [2.45, 2.75) is 38.3 Å². The van der Waals surface area contributed by atoms with Crippen molar-refractivity contribution in [3.05, 3.63) is 22.4 Å². The van der Waals surface area contributed by atoms with Crippen LogP contribution < -0.4 is 5.32 Å². The van der Waals surface area contributed by atoms with E-state index in [0.29, 0.717) is 24.5 Å². The van der Waals surface area contributed by atoms with Crippen LogP contribution in [-0.4, -0.2) is 66.0 Å². The molecule has 7 nitrogen and oxygen atoms in total. The van der Waals surface area contributed by atoms with Crippen LogP contribution >= 0.6 is 11.3 Å². The lowest BCUT2D eigenvalue weighted by Gasteiger charge is -2.35. The molecule has 2 fully saturated rings. The molecule has 0 spiro atoms. The Labute approximate surface area is 150 Å². The molecule has 3 heterocycles. The molecule has 25 heavy (non-hydrogen) atoms. The van der Waals surface area contributed by atoms with E-state index in [1.54, 1.807) is 21.9 Å². The van der Waals surface area contributed by atoms with Gasteiger partial charge in [-0.15, -0.1) is 11.3 Å². The number of ether oxygens (including phenoxy) is 1. The maximum atomic E-state index is 12.3. The van der Waals surface area contributed by atoms with Gasteiger partial charge in [0.15, 0.2) is 0 Å². The van der Waals surface area contributed by atoms with E-state index in [1.165, 1.54) is 11.3 Å². The third kappa shape index (κ3) is 4.12. The van der Waals surface area contributed by atoms with Crippen LogP contribution in [-0.2, 0) is 9.53 Å². The second-order valence-corrected chi connectivity index (χ2v) is 7.29. The number of rotatable bonds is 5. The highest BCUT2D eigenvalue weighted by molar-refractivity contribution is 7.12. The number of thiophene rings is 1. The standard InChI is InChI=1S/C17H23N3O4S/c1-2-13-11-20(17(23)24-13)12-5-7-19(8-6-12)15(21)10-18-16(22)14-4-3-9-25-14/h3-4,9,12-13H,2,5-8,10-11H2,1H3,(H,18,22). The molecule has 0 bridgehead atoms. The van der Waals surface area contributed by atoms with E-state index in [2.05, 4.69) is 5.32 Å². The monoisotopic (exact) mass is 365 g/mol. The first-order valence-electron chi connectivity index (χ1n) is 8.65. The van der Waals surface area contributed by atoms with Gasteiger partial charge in [0.05, 0.1) is 18.0 Å². The first-order chi connectivity index (χ1) is 12.1. The normalized spacial score (nSPS) is 21.3. The summed E-state index contributed by atoms with van der Waals surface area (Å²) in [7, 11) is 0. The van der Waals surface area contributed by atoms with Crippen LogP contribution in [0, 0.1) is 0 Å². The Kier molecular flexibility index (Phi) is 5.57. The van der Waals surface area contributed by atoms with E-state index >= 15 is 0 Å². The van der Waals surface area contributed by atoms with Crippen molar-refractivity contribution >= 4 is 29.2 Å². The van der Waals surface area contributed by atoms with Crippen molar-refractivity contribution < 1.29 is 19.1 Å². The average molecular weight is 365 g/mol. The topological polar surface area (TPSA) is 79.0 Å². The lowest BCUT2D eigenvalue weighted by molar-refractivity contribution is -0.131. The van der Waals surface area contributed by atoms with Crippen molar-refractivity contribution in [2.24, 2.45) is 0 Å². The number of carbonyl (C=O) groups is 3. The Morgan fingerprint density at radius 2 is 2.12 bits per heavy atom. The van der Waals surface area contributed by atoms with Crippen molar-refractivity contribution in [2.75, 3.05) is 26.2 Å². The van der Waals surface area contributed by atoms with Crippen molar-refractivity contribution in [1.82, 2.24) is 15.1 Å². The van der Waals surface area contributed by atoms with Gasteiger partial charge in [-0.3, -0.25) is 9.59 Å². The van der Waals surface area contributed by atoms with Gasteiger partial charge in [-0.25, -0.2) is 4.79 Å². The van der Waals surface area contributed by atoms with Crippen LogP contribution in [0.2, 0.25) is 0 Å². The summed E-state index contributed by atoms with van der Waals surface area (Å²) < 4.78 is 5.31. The van der Waals surface area contributed by atoms with Gasteiger partial charge in [-0.1, -0.05) is 13.0 Å². The molecule has 2 aliphatic rings. The summed E-state index contributed by atoms with van der Waals surface area (Å²) in [6.45, 7) is 3.85. The van der Waals surface area contributed by atoms with E-state index < -0.39 is 0 Å². The summed E-state index contributed by atoms with van der Waals surface area (Å²) in [5.74, 6) is -0.303. The van der Waals surface area contributed by atoms with Gasteiger partial charge in [0.1, 0.15) is 6.10 Å². The number of cyclic esters (lactones) is 1. The minimum absolute atomic E-state index is 0.00502. The Balaban J connectivity index is 1.43. The van der Waals surface area contributed by atoms with E-state index in [1.807, 2.05) is 12.3 Å². The molecule has 0 aliphatic carbocycles. The third-order valence-corrected chi connectivity index (χ3v) is 5.63. The van der Waals surface area contributed by atoms with Gasteiger partial charge in [0, 0.05) is 19.1 Å². The van der Waals surface area contributed by atoms with Crippen molar-refractivity contribution in [3.63, 3.8) is 0 Å². The van der Waals surface area contributed by atoms with E-state index in [-0.39, 0.29) is 36.6 Å². The second kappa shape index (κ2) is 7.86. The second-order valence-electron chi connectivity index (χ2n) is 6.34. The fourth-order valence-corrected chi connectivity index (χ4v) is 3.88. The summed E-state index contributed by atoms with van der Waals surface area (Å²) >= 11 is 1.35. The summed E-state index contributed by atoms with van der Waals surface area (Å²) in [5, 5.41) is 4.49. The predicted molar refractivity (Wildman–Crippen MR) is 93.5 cm³/mol. The summed E-state index contributed by atoms with van der Waals surface area (Å²) in [5.41, 5.74) is 0. The summed E-state index contributed by atoms with van der Waals surface area (Å²) in [6, 6.07) is 3.67. The first-order valence-corrected chi connectivity index (χ1v) is 9.53. The number of likely N-dealkylation sites (tertiary alicyclic amines) is 1. The number of carbonyl (C=O) groups excluding carboxylic acids is 3. The molecule has 1 atom stereocenters. The molecule has 2 aliphatic heterocycles. The zero-order valence-corrected chi connectivity index (χ0v) is 15.1. The van der Waals surface area contributed by atoms with Crippen LogP contribution in [0.4, 0.5) is 4.79 Å². The zero-order chi connectivity index (χ0) is 17.8. The number of hydrogen-bond acceptors (Lipinski definition) is 5. The smallest absolute Gasteiger partial charge is 0.410 e. The first kappa shape index (κ1) is 17.7. The highest BCUT2D eigenvalue weighted by Crippen LogP contribution is 2.23. The number of nitrogens with one attached hydrogen (secondary N) is 1. The molecule has 8 heteroatoms. The molecule has 3 rings (SSSR count). The predicted octanol–water partition coefficient (Wildman–Crippen LogP) is 1.70. The molecule has 0 saturated carbocycles. The van der Waals surface area contributed by atoms with Gasteiger partial charge >= 0.3 is 6.09 Å². The maximum Gasteiger partial charge on any atom is 0.410 e. The summed E-state index contributed by atoms with van der Waals surface area (Å²) in [6.07, 6.45) is 2.06. The Bertz CT molecular complexity index is 626. The fourth-order valence-electron chi connectivity index (χ4n) is 3.24. The molecular weight excluding hydrogens is 342 g/mol. The van der Waals surface area contributed by atoms with Gasteiger partial charge in [0.25, 0.3) is 5.91 Å². The number of hydrogen-bond donors (Lipinski definition) is 1. The Morgan fingerprint density at radius 1 is 1.36 bits per heavy atom. The largest absolute Gasteiger partial charge is 0.444 e. The molecular formula is C17H23N3O4S. The van der Waals surface area contributed by atoms with Gasteiger partial charge < -0.3 is 19.9 Å². The Morgan fingerprint density at radius 3 is 2.72 bits per heavy atom. The van der Waals surface area contributed by atoms with Crippen LogP contribution in [0.5, 0.6) is 0 Å². The molecule has 1 unspecified atom stereocenters. The molecule has 0 radical (unpaired) electrons. The highest BCUT2D eigenvalue weighted by Gasteiger charge is 2.37. The van der Waals surface area contributed by atoms with E-state index in [9.17, 15) is 14.4 Å². The lowest BCUT2D eigenvalue weighted by atomic mass is 10.0. The van der Waals surface area contributed by atoms with Crippen LogP contribution in [0.3, 0.4) is 0 Å². The van der Waals surface area contributed by atoms with Crippen LogP contribution in [0.15, 0.2) is 17.5 Å². The summed E-state index contributed by atoms with van der Waals surface area (Å²) in [4.78, 5) is 40.2. The molecule has 1 N–H and O–H groups in total. The molecule has 0 aromatic carbocycles. The molecule has 1 aromatic heterocycles. The van der Waals surface area contributed by atoms with Gasteiger partial charge in [-0.2, -0.15) is 0 Å². The number of piperidine rings is 1. The molecule has 136 valence electrons. The average Bonchev–Trinajstić information content (AvgIpc) is 3.29. The van der Waals surface area contributed by atoms with E-state index in [0.717, 1.165) is 19.3 Å². The molecule has 1 aromatic rings. The minimum atomic E-state index is -0.236. The van der Waals surface area contributed by atoms with Gasteiger partial charge in [-0.05, 0) is 30.7 Å². The number of nitrogens with zero attached hydrogens (tertiary/aromatic N) is 2. The lowest BCUT2D eigenvalue weighted by Crippen LogP contribution is -2.49. The quantitative estimate of drug-likeness (QED) is 0.861. The maximum absolute atomic E-state index is 12.3. The van der Waals surface area contributed by atoms with Gasteiger partial charge in [0.2, 0.25) is 5.91 Å². The third-order valence-electron chi connectivity index (χ3n) is 4.76. The zero-order valence-electron chi connectivity index (χ0n) is 14.3. The SMILES string of the molecule is CCC1CN(C2CCN(C(=O)CNC(=O)c3cccs3)CC2)C(=O)O1. The molecule has 3 amide bonds. The van der Waals surface area contributed by atoms with Crippen molar-refractivity contribution in [3.8, 4) is 0 Å². The minimum Gasteiger partial charge on any atom is -0.444 e. The fraction of sp³-hybridized carbons (Fsp3) is 0.588. The Hall–Kier alpha value is -2.09. The molecule has 2 saturated heterocycles.